The molecule has 0 saturated carbocycles. The number of hydrogen-bond donors (Lipinski definition) is 1. The summed E-state index contributed by atoms with van der Waals surface area (Å²) >= 11 is 0. The topological polar surface area (TPSA) is 41.1 Å². The van der Waals surface area contributed by atoms with Crippen LogP contribution in [0.25, 0.3) is 0 Å². The minimum atomic E-state index is 0.575. The lowest BCUT2D eigenvalue weighted by Crippen LogP contribution is -2.42. The van der Waals surface area contributed by atoms with E-state index in [0.717, 1.165) is 30.5 Å². The quantitative estimate of drug-likeness (QED) is 0.893. The van der Waals surface area contributed by atoms with E-state index in [-0.39, 0.29) is 0 Å². The van der Waals surface area contributed by atoms with Gasteiger partial charge >= 0.3 is 0 Å². The van der Waals surface area contributed by atoms with Crippen molar-refractivity contribution in [2.24, 2.45) is 5.92 Å². The molecular formula is C14H24N4. The molecule has 2 rings (SSSR count). The van der Waals surface area contributed by atoms with Crippen molar-refractivity contribution in [3.05, 3.63) is 11.9 Å². The Balaban J connectivity index is 2.36. The van der Waals surface area contributed by atoms with Gasteiger partial charge in [0.2, 0.25) is 0 Å². The van der Waals surface area contributed by atoms with Crippen LogP contribution in [0.2, 0.25) is 0 Å². The SMILES string of the molecule is CCc1c(NC)ncnc1N1CC(C)CCC1C. The third-order valence-corrected chi connectivity index (χ3v) is 3.90. The fourth-order valence-corrected chi connectivity index (χ4v) is 2.78. The molecule has 0 spiro atoms. The van der Waals surface area contributed by atoms with Crippen LogP contribution in [0.5, 0.6) is 0 Å². The summed E-state index contributed by atoms with van der Waals surface area (Å²) in [6.45, 7) is 7.90. The molecule has 0 radical (unpaired) electrons. The van der Waals surface area contributed by atoms with Crippen LogP contribution in [0.1, 0.15) is 39.2 Å². The smallest absolute Gasteiger partial charge is 0.137 e. The molecule has 0 amide bonds. The van der Waals surface area contributed by atoms with Gasteiger partial charge < -0.3 is 10.2 Å². The first-order chi connectivity index (χ1) is 8.67. The monoisotopic (exact) mass is 248 g/mol. The molecule has 4 nitrogen and oxygen atoms in total. The van der Waals surface area contributed by atoms with Gasteiger partial charge in [-0.05, 0) is 32.1 Å². The average Bonchev–Trinajstić information content (AvgIpc) is 2.40. The first kappa shape index (κ1) is 13.1. The Labute approximate surface area is 110 Å². The van der Waals surface area contributed by atoms with E-state index in [1.807, 2.05) is 7.05 Å². The van der Waals surface area contributed by atoms with Crippen LogP contribution in [-0.2, 0) is 6.42 Å². The van der Waals surface area contributed by atoms with Gasteiger partial charge in [-0.15, -0.1) is 0 Å². The number of piperidine rings is 1. The van der Waals surface area contributed by atoms with Crippen molar-refractivity contribution in [2.75, 3.05) is 23.8 Å². The Bertz CT molecular complexity index is 405. The zero-order valence-corrected chi connectivity index (χ0v) is 11.9. The minimum absolute atomic E-state index is 0.575. The lowest BCUT2D eigenvalue weighted by molar-refractivity contribution is 0.387. The van der Waals surface area contributed by atoms with Gasteiger partial charge in [0, 0.05) is 25.2 Å². The molecule has 2 atom stereocenters. The summed E-state index contributed by atoms with van der Waals surface area (Å²) in [5.74, 6) is 2.84. The third kappa shape index (κ3) is 2.42. The molecule has 0 aromatic carbocycles. The predicted octanol–water partition coefficient (Wildman–Crippen LogP) is 2.71. The van der Waals surface area contributed by atoms with E-state index in [0.29, 0.717) is 6.04 Å². The first-order valence-electron chi connectivity index (χ1n) is 6.95. The fraction of sp³-hybridized carbons (Fsp3) is 0.714. The van der Waals surface area contributed by atoms with Gasteiger partial charge in [0.15, 0.2) is 0 Å². The van der Waals surface area contributed by atoms with Crippen LogP contribution < -0.4 is 10.2 Å². The highest BCUT2D eigenvalue weighted by Gasteiger charge is 2.26. The molecule has 1 aromatic rings. The van der Waals surface area contributed by atoms with Gasteiger partial charge in [-0.1, -0.05) is 13.8 Å². The highest BCUT2D eigenvalue weighted by molar-refractivity contribution is 5.59. The van der Waals surface area contributed by atoms with E-state index in [1.54, 1.807) is 6.33 Å². The molecule has 100 valence electrons. The van der Waals surface area contributed by atoms with Crippen molar-refractivity contribution in [2.45, 2.75) is 46.1 Å². The van der Waals surface area contributed by atoms with E-state index < -0.39 is 0 Å². The summed E-state index contributed by atoms with van der Waals surface area (Å²) in [4.78, 5) is 11.3. The Morgan fingerprint density at radius 1 is 1.33 bits per heavy atom. The lowest BCUT2D eigenvalue weighted by Gasteiger charge is -2.38. The van der Waals surface area contributed by atoms with Crippen LogP contribution in [0.4, 0.5) is 11.6 Å². The van der Waals surface area contributed by atoms with Gasteiger partial charge in [-0.25, -0.2) is 9.97 Å². The minimum Gasteiger partial charge on any atom is -0.373 e. The van der Waals surface area contributed by atoms with E-state index >= 15 is 0 Å². The van der Waals surface area contributed by atoms with Crippen LogP contribution in [0.3, 0.4) is 0 Å². The first-order valence-corrected chi connectivity index (χ1v) is 6.95. The molecule has 1 N–H and O–H groups in total. The van der Waals surface area contributed by atoms with Crippen molar-refractivity contribution >= 4 is 11.6 Å². The molecule has 0 bridgehead atoms. The molecule has 18 heavy (non-hydrogen) atoms. The van der Waals surface area contributed by atoms with Gasteiger partial charge in [-0.2, -0.15) is 0 Å². The zero-order chi connectivity index (χ0) is 13.1. The summed E-state index contributed by atoms with van der Waals surface area (Å²) < 4.78 is 0. The lowest BCUT2D eigenvalue weighted by atomic mass is 9.94. The maximum atomic E-state index is 4.54. The second-order valence-electron chi connectivity index (χ2n) is 5.31. The second-order valence-corrected chi connectivity index (χ2v) is 5.31. The van der Waals surface area contributed by atoms with Crippen molar-refractivity contribution in [1.29, 1.82) is 0 Å². The van der Waals surface area contributed by atoms with Gasteiger partial charge in [-0.3, -0.25) is 0 Å². The summed E-state index contributed by atoms with van der Waals surface area (Å²) in [7, 11) is 1.92. The van der Waals surface area contributed by atoms with E-state index in [2.05, 4.69) is 41.0 Å². The number of nitrogens with one attached hydrogen (secondary N) is 1. The highest BCUT2D eigenvalue weighted by Crippen LogP contribution is 2.30. The van der Waals surface area contributed by atoms with E-state index in [4.69, 9.17) is 0 Å². The summed E-state index contributed by atoms with van der Waals surface area (Å²) in [5.41, 5.74) is 1.24. The normalized spacial score (nSPS) is 24.1. The van der Waals surface area contributed by atoms with Crippen molar-refractivity contribution in [3.63, 3.8) is 0 Å². The average molecular weight is 248 g/mol. The predicted molar refractivity (Wildman–Crippen MR) is 76.2 cm³/mol. The summed E-state index contributed by atoms with van der Waals surface area (Å²) in [5, 5.41) is 3.17. The third-order valence-electron chi connectivity index (χ3n) is 3.90. The highest BCUT2D eigenvalue weighted by atomic mass is 15.2. The molecule has 1 aromatic heterocycles. The maximum Gasteiger partial charge on any atom is 0.137 e. The second kappa shape index (κ2) is 5.55. The van der Waals surface area contributed by atoms with E-state index in [9.17, 15) is 0 Å². The number of nitrogens with zero attached hydrogens (tertiary/aromatic N) is 3. The van der Waals surface area contributed by atoms with Crippen LogP contribution in [0, 0.1) is 5.92 Å². The number of aromatic nitrogens is 2. The Hall–Kier alpha value is -1.32. The fourth-order valence-electron chi connectivity index (χ4n) is 2.78. The number of rotatable bonds is 3. The Kier molecular flexibility index (Phi) is 4.04. The van der Waals surface area contributed by atoms with Crippen LogP contribution >= 0.6 is 0 Å². The van der Waals surface area contributed by atoms with Crippen LogP contribution in [0.15, 0.2) is 6.33 Å². The molecule has 1 aliphatic heterocycles. The zero-order valence-electron chi connectivity index (χ0n) is 11.9. The van der Waals surface area contributed by atoms with Gasteiger partial charge in [0.25, 0.3) is 0 Å². The molecular weight excluding hydrogens is 224 g/mol. The Morgan fingerprint density at radius 2 is 2.11 bits per heavy atom. The number of anilines is 2. The molecule has 1 fully saturated rings. The molecule has 2 heterocycles. The Morgan fingerprint density at radius 3 is 2.78 bits per heavy atom. The van der Waals surface area contributed by atoms with Gasteiger partial charge in [0.1, 0.15) is 18.0 Å². The van der Waals surface area contributed by atoms with Crippen molar-refractivity contribution < 1.29 is 0 Å². The molecule has 1 aliphatic rings. The van der Waals surface area contributed by atoms with Crippen LogP contribution in [-0.4, -0.2) is 29.6 Å². The summed E-state index contributed by atoms with van der Waals surface area (Å²) in [6.07, 6.45) is 5.21. The molecule has 0 aliphatic carbocycles. The summed E-state index contributed by atoms with van der Waals surface area (Å²) in [6, 6.07) is 0.575. The van der Waals surface area contributed by atoms with Crippen molar-refractivity contribution in [1.82, 2.24) is 9.97 Å². The number of hydrogen-bond acceptors (Lipinski definition) is 4. The largest absolute Gasteiger partial charge is 0.373 e. The van der Waals surface area contributed by atoms with Gasteiger partial charge in [0.05, 0.1) is 0 Å². The molecule has 2 unspecified atom stereocenters. The standard InChI is InChI=1S/C14H24N4/c1-5-12-13(15-4)16-9-17-14(12)18-8-10(2)6-7-11(18)3/h9-11H,5-8H2,1-4H3,(H,15,16,17). The van der Waals surface area contributed by atoms with Crippen molar-refractivity contribution in [3.8, 4) is 0 Å². The molecule has 1 saturated heterocycles. The molecule has 4 heteroatoms. The van der Waals surface area contributed by atoms with E-state index in [1.165, 1.54) is 18.4 Å². The maximum absolute atomic E-state index is 4.54.